The van der Waals surface area contributed by atoms with E-state index in [9.17, 15) is 9.59 Å². The molecular formula is C15H18N2O3. The first kappa shape index (κ1) is 13.1. The number of fused-ring (bicyclic) bond motifs is 1. The van der Waals surface area contributed by atoms with Crippen molar-refractivity contribution in [3.05, 3.63) is 30.3 Å². The third-order valence-corrected chi connectivity index (χ3v) is 4.13. The highest BCUT2D eigenvalue weighted by molar-refractivity contribution is 5.98. The van der Waals surface area contributed by atoms with Crippen LogP contribution in [-0.2, 0) is 14.3 Å². The van der Waals surface area contributed by atoms with Crippen LogP contribution in [0, 0.1) is 11.8 Å². The van der Waals surface area contributed by atoms with Crippen LogP contribution >= 0.6 is 0 Å². The van der Waals surface area contributed by atoms with E-state index in [2.05, 4.69) is 0 Å². The number of ether oxygens (including phenoxy) is 1. The summed E-state index contributed by atoms with van der Waals surface area (Å²) in [5, 5.41) is 0. The molecule has 106 valence electrons. The van der Waals surface area contributed by atoms with Crippen molar-refractivity contribution >= 4 is 17.5 Å². The summed E-state index contributed by atoms with van der Waals surface area (Å²) in [6, 6.07) is 9.71. The van der Waals surface area contributed by atoms with Gasteiger partial charge >= 0.3 is 0 Å². The zero-order valence-corrected chi connectivity index (χ0v) is 11.5. The minimum Gasteiger partial charge on any atom is -0.375 e. The molecule has 5 nitrogen and oxygen atoms in total. The molecule has 2 amide bonds. The van der Waals surface area contributed by atoms with Crippen LogP contribution in [0.2, 0.25) is 0 Å². The first-order valence-corrected chi connectivity index (χ1v) is 6.84. The standard InChI is InChI=1S/C15H18N2O3/c1-20-10-14(18)16-7-11-8-17(15(19)13(11)9-16)12-5-3-2-4-6-12/h2-6,11,13H,7-10H2,1H3. The minimum absolute atomic E-state index is 0.0269. The predicted molar refractivity (Wildman–Crippen MR) is 74.2 cm³/mol. The van der Waals surface area contributed by atoms with Gasteiger partial charge in [-0.2, -0.15) is 0 Å². The smallest absolute Gasteiger partial charge is 0.248 e. The number of hydrogen-bond donors (Lipinski definition) is 0. The first-order valence-electron chi connectivity index (χ1n) is 6.84. The number of carbonyl (C=O) groups is 2. The lowest BCUT2D eigenvalue weighted by molar-refractivity contribution is -0.134. The molecule has 1 aromatic rings. The maximum absolute atomic E-state index is 12.5. The second-order valence-corrected chi connectivity index (χ2v) is 5.38. The molecule has 2 aliphatic heterocycles. The summed E-state index contributed by atoms with van der Waals surface area (Å²) in [7, 11) is 1.51. The van der Waals surface area contributed by atoms with E-state index in [-0.39, 0.29) is 30.3 Å². The molecule has 0 radical (unpaired) electrons. The van der Waals surface area contributed by atoms with E-state index >= 15 is 0 Å². The van der Waals surface area contributed by atoms with Gasteiger partial charge in [-0.05, 0) is 12.1 Å². The Morgan fingerprint density at radius 2 is 2.00 bits per heavy atom. The molecule has 1 aromatic carbocycles. The number of hydrogen-bond acceptors (Lipinski definition) is 3. The highest BCUT2D eigenvalue weighted by atomic mass is 16.5. The molecule has 2 fully saturated rings. The lowest BCUT2D eigenvalue weighted by Crippen LogP contribution is -2.37. The second-order valence-electron chi connectivity index (χ2n) is 5.38. The fraction of sp³-hybridized carbons (Fsp3) is 0.467. The zero-order valence-electron chi connectivity index (χ0n) is 11.5. The molecule has 0 aromatic heterocycles. The summed E-state index contributed by atoms with van der Waals surface area (Å²) in [6.45, 7) is 1.97. The Balaban J connectivity index is 1.70. The number of rotatable bonds is 3. The van der Waals surface area contributed by atoms with E-state index in [1.54, 1.807) is 4.90 Å². The lowest BCUT2D eigenvalue weighted by Gasteiger charge is -2.21. The maximum Gasteiger partial charge on any atom is 0.248 e. The third-order valence-electron chi connectivity index (χ3n) is 4.13. The van der Waals surface area contributed by atoms with E-state index in [4.69, 9.17) is 4.74 Å². The third kappa shape index (κ3) is 2.18. The molecule has 2 saturated heterocycles. The highest BCUT2D eigenvalue weighted by Gasteiger charge is 2.47. The molecule has 3 rings (SSSR count). The van der Waals surface area contributed by atoms with Gasteiger partial charge < -0.3 is 14.5 Å². The summed E-state index contributed by atoms with van der Waals surface area (Å²) in [5.74, 6) is 0.286. The van der Waals surface area contributed by atoms with Crippen LogP contribution in [0.25, 0.3) is 0 Å². The summed E-state index contributed by atoms with van der Waals surface area (Å²) in [6.07, 6.45) is 0. The van der Waals surface area contributed by atoms with Crippen molar-refractivity contribution in [2.45, 2.75) is 0 Å². The van der Waals surface area contributed by atoms with E-state index in [0.717, 1.165) is 5.69 Å². The van der Waals surface area contributed by atoms with Crippen LogP contribution in [-0.4, -0.2) is 50.1 Å². The molecule has 5 heteroatoms. The summed E-state index contributed by atoms with van der Waals surface area (Å²) < 4.78 is 4.87. The molecule has 2 atom stereocenters. The van der Waals surface area contributed by atoms with Gasteiger partial charge in [-0.15, -0.1) is 0 Å². The SMILES string of the molecule is COCC(=O)N1CC2CN(c3ccccc3)C(=O)C2C1. The van der Waals surface area contributed by atoms with Crippen molar-refractivity contribution in [2.75, 3.05) is 38.3 Å². The quantitative estimate of drug-likeness (QED) is 0.817. The predicted octanol–water partition coefficient (Wildman–Crippen LogP) is 0.754. The molecule has 2 aliphatic rings. The molecule has 0 bridgehead atoms. The van der Waals surface area contributed by atoms with Crippen LogP contribution in [0.4, 0.5) is 5.69 Å². The number of para-hydroxylation sites is 1. The van der Waals surface area contributed by atoms with E-state index in [0.29, 0.717) is 19.6 Å². The van der Waals surface area contributed by atoms with Crippen molar-refractivity contribution in [3.63, 3.8) is 0 Å². The van der Waals surface area contributed by atoms with E-state index < -0.39 is 0 Å². The molecule has 0 aliphatic carbocycles. The fourth-order valence-corrected chi connectivity index (χ4v) is 3.12. The number of anilines is 1. The van der Waals surface area contributed by atoms with Gasteiger partial charge in [0.1, 0.15) is 6.61 Å². The van der Waals surface area contributed by atoms with Crippen molar-refractivity contribution < 1.29 is 14.3 Å². The Labute approximate surface area is 118 Å². The maximum atomic E-state index is 12.5. The molecule has 0 N–H and O–H groups in total. The van der Waals surface area contributed by atoms with Crippen LogP contribution in [0.1, 0.15) is 0 Å². The number of carbonyl (C=O) groups excluding carboxylic acids is 2. The van der Waals surface area contributed by atoms with Gasteiger partial charge in [-0.25, -0.2) is 0 Å². The van der Waals surface area contributed by atoms with E-state index in [1.807, 2.05) is 35.2 Å². The zero-order chi connectivity index (χ0) is 14.1. The Kier molecular flexibility index (Phi) is 3.44. The summed E-state index contributed by atoms with van der Waals surface area (Å²) in [4.78, 5) is 27.9. The van der Waals surface area contributed by atoms with Crippen molar-refractivity contribution in [1.82, 2.24) is 4.90 Å². The fourth-order valence-electron chi connectivity index (χ4n) is 3.12. The van der Waals surface area contributed by atoms with Gasteiger partial charge in [0, 0.05) is 38.3 Å². The number of amides is 2. The Bertz CT molecular complexity index is 517. The van der Waals surface area contributed by atoms with Crippen molar-refractivity contribution in [2.24, 2.45) is 11.8 Å². The number of methoxy groups -OCH3 is 1. The lowest BCUT2D eigenvalue weighted by atomic mass is 10.0. The second kappa shape index (κ2) is 5.25. The number of benzene rings is 1. The van der Waals surface area contributed by atoms with Gasteiger partial charge in [0.15, 0.2) is 0 Å². The average molecular weight is 274 g/mol. The van der Waals surface area contributed by atoms with Gasteiger partial charge in [-0.3, -0.25) is 9.59 Å². The number of nitrogens with zero attached hydrogens (tertiary/aromatic N) is 2. The molecule has 0 spiro atoms. The van der Waals surface area contributed by atoms with Gasteiger partial charge in [0.2, 0.25) is 11.8 Å². The minimum atomic E-state index is -0.0592. The Morgan fingerprint density at radius 1 is 1.25 bits per heavy atom. The van der Waals surface area contributed by atoms with Crippen LogP contribution in [0.5, 0.6) is 0 Å². The van der Waals surface area contributed by atoms with Gasteiger partial charge in [-0.1, -0.05) is 18.2 Å². The average Bonchev–Trinajstić information content (AvgIpc) is 3.00. The van der Waals surface area contributed by atoms with Crippen LogP contribution in [0.15, 0.2) is 30.3 Å². The van der Waals surface area contributed by atoms with Gasteiger partial charge in [0.25, 0.3) is 0 Å². The molecule has 20 heavy (non-hydrogen) atoms. The summed E-state index contributed by atoms with van der Waals surface area (Å²) >= 11 is 0. The normalized spacial score (nSPS) is 25.1. The Hall–Kier alpha value is -1.88. The molecular weight excluding hydrogens is 256 g/mol. The highest BCUT2D eigenvalue weighted by Crippen LogP contribution is 2.34. The van der Waals surface area contributed by atoms with Crippen LogP contribution < -0.4 is 4.90 Å². The van der Waals surface area contributed by atoms with Crippen LogP contribution in [0.3, 0.4) is 0 Å². The van der Waals surface area contributed by atoms with Crippen molar-refractivity contribution in [3.8, 4) is 0 Å². The Morgan fingerprint density at radius 3 is 2.65 bits per heavy atom. The monoisotopic (exact) mass is 274 g/mol. The largest absolute Gasteiger partial charge is 0.375 e. The molecule has 2 heterocycles. The molecule has 0 saturated carbocycles. The topological polar surface area (TPSA) is 49.9 Å². The van der Waals surface area contributed by atoms with E-state index in [1.165, 1.54) is 7.11 Å². The van der Waals surface area contributed by atoms with Crippen molar-refractivity contribution in [1.29, 1.82) is 0 Å². The summed E-state index contributed by atoms with van der Waals surface area (Å²) in [5.41, 5.74) is 0.946. The van der Waals surface area contributed by atoms with Gasteiger partial charge in [0.05, 0.1) is 5.92 Å². The first-order chi connectivity index (χ1) is 9.70. The molecule has 2 unspecified atom stereocenters. The number of likely N-dealkylation sites (tertiary alicyclic amines) is 1.